The van der Waals surface area contributed by atoms with E-state index in [-0.39, 0.29) is 17.8 Å². The molecular weight excluding hydrogens is 469 g/mol. The number of halogens is 1. The molecule has 1 amide bonds. The topological polar surface area (TPSA) is 88.6 Å². The highest BCUT2D eigenvalue weighted by molar-refractivity contribution is 7.20. The molecule has 0 bridgehead atoms. The molecule has 8 nitrogen and oxygen atoms in total. The lowest BCUT2D eigenvalue weighted by Gasteiger charge is -2.17. The number of thiophene rings is 1. The van der Waals surface area contributed by atoms with Crippen molar-refractivity contribution in [2.24, 2.45) is 0 Å². The zero-order valence-electron chi connectivity index (χ0n) is 20.4. The Balaban J connectivity index is 1.51. The van der Waals surface area contributed by atoms with E-state index >= 15 is 0 Å². The lowest BCUT2D eigenvalue weighted by molar-refractivity contribution is 0.0955. The van der Waals surface area contributed by atoms with E-state index < -0.39 is 0 Å². The summed E-state index contributed by atoms with van der Waals surface area (Å²) in [7, 11) is 2.09. The molecular formula is C25H32FN5O3S. The van der Waals surface area contributed by atoms with Crippen LogP contribution in [0.15, 0.2) is 24.5 Å². The molecule has 0 unspecified atom stereocenters. The van der Waals surface area contributed by atoms with Gasteiger partial charge in [0.15, 0.2) is 0 Å². The van der Waals surface area contributed by atoms with Gasteiger partial charge in [-0.05, 0) is 57.6 Å². The maximum absolute atomic E-state index is 14.0. The first-order valence-corrected chi connectivity index (χ1v) is 12.8. The summed E-state index contributed by atoms with van der Waals surface area (Å²) in [6.45, 7) is 7.76. The van der Waals surface area contributed by atoms with Gasteiger partial charge in [-0.15, -0.1) is 11.3 Å². The molecule has 1 aliphatic rings. The summed E-state index contributed by atoms with van der Waals surface area (Å²) in [6.07, 6.45) is 4.09. The molecule has 35 heavy (non-hydrogen) atoms. The first kappa shape index (κ1) is 25.3. The normalized spacial score (nSPS) is 15.6. The molecule has 0 spiro atoms. The minimum Gasteiger partial charge on any atom is -0.486 e. The number of hydrogen-bond donors (Lipinski definition) is 2. The van der Waals surface area contributed by atoms with E-state index in [4.69, 9.17) is 9.47 Å². The van der Waals surface area contributed by atoms with Gasteiger partial charge in [0.05, 0.1) is 29.2 Å². The number of fused-ring (bicyclic) bond motifs is 1. The second-order valence-corrected chi connectivity index (χ2v) is 9.74. The summed E-state index contributed by atoms with van der Waals surface area (Å²) in [5, 5.41) is 7.07. The van der Waals surface area contributed by atoms with E-state index in [0.717, 1.165) is 43.3 Å². The van der Waals surface area contributed by atoms with Gasteiger partial charge in [0, 0.05) is 19.0 Å². The highest BCUT2D eigenvalue weighted by Gasteiger charge is 2.22. The number of hydrogen-bond acceptors (Lipinski definition) is 8. The summed E-state index contributed by atoms with van der Waals surface area (Å²) < 4.78 is 25.3. The van der Waals surface area contributed by atoms with Gasteiger partial charge in [-0.3, -0.25) is 4.79 Å². The monoisotopic (exact) mass is 501 g/mol. The fraction of sp³-hybridized carbons (Fsp3) is 0.480. The van der Waals surface area contributed by atoms with E-state index in [1.807, 2.05) is 6.92 Å². The van der Waals surface area contributed by atoms with Crippen LogP contribution in [0.2, 0.25) is 0 Å². The number of nitrogens with one attached hydrogen (secondary N) is 2. The van der Waals surface area contributed by atoms with Gasteiger partial charge in [-0.2, -0.15) is 0 Å². The molecule has 188 valence electrons. The number of aromatic nitrogens is 2. The second kappa shape index (κ2) is 11.7. The Hall–Kier alpha value is -2.82. The van der Waals surface area contributed by atoms with Crippen molar-refractivity contribution in [3.05, 3.63) is 40.8 Å². The van der Waals surface area contributed by atoms with Crippen molar-refractivity contribution in [2.75, 3.05) is 45.2 Å². The Labute approximate surface area is 208 Å². The van der Waals surface area contributed by atoms with Gasteiger partial charge in [-0.25, -0.2) is 14.4 Å². The van der Waals surface area contributed by atoms with Crippen molar-refractivity contribution in [3.63, 3.8) is 0 Å². The molecule has 4 rings (SSSR count). The smallest absolute Gasteiger partial charge is 0.261 e. The van der Waals surface area contributed by atoms with E-state index in [9.17, 15) is 9.18 Å². The molecule has 1 fully saturated rings. The quantitative estimate of drug-likeness (QED) is 0.374. The van der Waals surface area contributed by atoms with Crippen LogP contribution >= 0.6 is 11.3 Å². The number of anilines is 2. The molecule has 2 aromatic heterocycles. The number of rotatable bonds is 11. The van der Waals surface area contributed by atoms with E-state index in [1.54, 1.807) is 6.07 Å². The summed E-state index contributed by atoms with van der Waals surface area (Å²) in [5.41, 5.74) is 1.40. The van der Waals surface area contributed by atoms with Crippen molar-refractivity contribution in [3.8, 4) is 5.75 Å². The number of ether oxygens (including phenoxy) is 2. The van der Waals surface area contributed by atoms with Crippen LogP contribution in [-0.4, -0.2) is 66.8 Å². The van der Waals surface area contributed by atoms with Crippen molar-refractivity contribution in [2.45, 2.75) is 39.2 Å². The summed E-state index contributed by atoms with van der Waals surface area (Å²) in [5.74, 6) is 0.444. The SMILES string of the molecule is CCCN(C)CCCNC(=O)c1sc2ncnc(Nc3ccc(F)cc3O[C@H]3CCOC3)c2c1C. The molecule has 1 aliphatic heterocycles. The summed E-state index contributed by atoms with van der Waals surface area (Å²) >= 11 is 1.34. The molecule has 1 aromatic carbocycles. The fourth-order valence-corrected chi connectivity index (χ4v) is 5.18. The van der Waals surface area contributed by atoms with Crippen molar-refractivity contribution >= 4 is 39.0 Å². The number of amides is 1. The standard InChI is InChI=1S/C25H32FN5O3S/c1-4-10-31(3)11-5-9-27-24(32)22-16(2)21-23(28-15-29-25(21)35-22)30-19-7-6-17(26)13-20(19)34-18-8-12-33-14-18/h6-7,13,15,18H,4-5,8-12,14H2,1-3H3,(H,27,32)(H,28,29,30)/t18-/m0/s1. The van der Waals surface area contributed by atoms with Crippen LogP contribution in [0, 0.1) is 12.7 Å². The minimum atomic E-state index is -0.385. The molecule has 0 aliphatic carbocycles. The van der Waals surface area contributed by atoms with Crippen LogP contribution in [0.3, 0.4) is 0 Å². The van der Waals surface area contributed by atoms with Gasteiger partial charge in [0.25, 0.3) is 5.91 Å². The number of nitrogens with zero attached hydrogens (tertiary/aromatic N) is 3. The minimum absolute atomic E-state index is 0.110. The van der Waals surface area contributed by atoms with Gasteiger partial charge < -0.3 is 25.0 Å². The molecule has 0 radical (unpaired) electrons. The van der Waals surface area contributed by atoms with Crippen LogP contribution in [-0.2, 0) is 4.74 Å². The average molecular weight is 502 g/mol. The number of carbonyl (C=O) groups is 1. The number of aryl methyl sites for hydroxylation is 1. The Morgan fingerprint density at radius 3 is 2.97 bits per heavy atom. The van der Waals surface area contributed by atoms with Crippen LogP contribution in [0.5, 0.6) is 5.75 Å². The maximum Gasteiger partial charge on any atom is 0.261 e. The number of carbonyl (C=O) groups excluding carboxylic acids is 1. The molecule has 0 saturated carbocycles. The lowest BCUT2D eigenvalue weighted by atomic mass is 10.2. The summed E-state index contributed by atoms with van der Waals surface area (Å²) in [4.78, 5) is 25.3. The van der Waals surface area contributed by atoms with Crippen molar-refractivity contribution in [1.29, 1.82) is 0 Å². The summed E-state index contributed by atoms with van der Waals surface area (Å²) in [6, 6.07) is 4.35. The highest BCUT2D eigenvalue weighted by Crippen LogP contribution is 2.37. The second-order valence-electron chi connectivity index (χ2n) is 8.74. The van der Waals surface area contributed by atoms with Crippen molar-refractivity contribution < 1.29 is 18.7 Å². The first-order valence-electron chi connectivity index (χ1n) is 12.0. The number of benzene rings is 1. The highest BCUT2D eigenvalue weighted by atomic mass is 32.1. The third-order valence-electron chi connectivity index (χ3n) is 5.92. The predicted molar refractivity (Wildman–Crippen MR) is 136 cm³/mol. The molecule has 2 N–H and O–H groups in total. The Morgan fingerprint density at radius 2 is 2.20 bits per heavy atom. The molecule has 1 atom stereocenters. The van der Waals surface area contributed by atoms with Crippen LogP contribution < -0.4 is 15.4 Å². The maximum atomic E-state index is 14.0. The third kappa shape index (κ3) is 6.25. The average Bonchev–Trinajstić information content (AvgIpc) is 3.47. The molecule has 3 aromatic rings. The van der Waals surface area contributed by atoms with Gasteiger partial charge >= 0.3 is 0 Å². The Morgan fingerprint density at radius 1 is 1.34 bits per heavy atom. The van der Waals surface area contributed by atoms with E-state index in [1.165, 1.54) is 29.8 Å². The lowest BCUT2D eigenvalue weighted by Crippen LogP contribution is -2.28. The molecule has 10 heteroatoms. The van der Waals surface area contributed by atoms with Crippen LogP contribution in [0.4, 0.5) is 15.9 Å². The van der Waals surface area contributed by atoms with Crippen LogP contribution in [0.25, 0.3) is 10.2 Å². The Kier molecular flexibility index (Phi) is 8.48. The first-order chi connectivity index (χ1) is 17.0. The van der Waals surface area contributed by atoms with Crippen molar-refractivity contribution in [1.82, 2.24) is 20.2 Å². The molecule has 1 saturated heterocycles. The predicted octanol–water partition coefficient (Wildman–Crippen LogP) is 4.51. The zero-order valence-corrected chi connectivity index (χ0v) is 21.2. The van der Waals surface area contributed by atoms with Gasteiger partial charge in [-0.1, -0.05) is 6.92 Å². The fourth-order valence-electron chi connectivity index (χ4n) is 4.12. The molecule has 3 heterocycles. The largest absolute Gasteiger partial charge is 0.486 e. The third-order valence-corrected chi connectivity index (χ3v) is 7.12. The zero-order chi connectivity index (χ0) is 24.8. The Bertz CT molecular complexity index is 1170. The van der Waals surface area contributed by atoms with Gasteiger partial charge in [0.2, 0.25) is 0 Å². The van der Waals surface area contributed by atoms with E-state index in [2.05, 4.69) is 39.5 Å². The van der Waals surface area contributed by atoms with E-state index in [0.29, 0.717) is 46.7 Å². The van der Waals surface area contributed by atoms with Crippen LogP contribution in [0.1, 0.15) is 41.4 Å². The van der Waals surface area contributed by atoms with Gasteiger partial charge in [0.1, 0.15) is 34.6 Å².